The monoisotopic (exact) mass is 244 g/mol. The Hall–Kier alpha value is -0.180. The zero-order valence-electron chi connectivity index (χ0n) is 8.52. The second kappa shape index (κ2) is 5.06. The molecule has 0 aromatic carbocycles. The van der Waals surface area contributed by atoms with Gasteiger partial charge in [0.15, 0.2) is 5.08 Å². The Labute approximate surface area is 85.4 Å². The predicted octanol–water partition coefficient (Wildman–Crippen LogP) is -0.835. The lowest BCUT2D eigenvalue weighted by Gasteiger charge is -2.17. The van der Waals surface area contributed by atoms with Crippen molar-refractivity contribution in [3.05, 3.63) is 0 Å². The fraction of sp³-hybridized carbons (Fsp3) is 1.00. The molecule has 6 nitrogen and oxygen atoms in total. The lowest BCUT2D eigenvalue weighted by atomic mass is 10.7. The Kier molecular flexibility index (Phi) is 4.99. The summed E-state index contributed by atoms with van der Waals surface area (Å²) in [7, 11) is -6.24. The zero-order chi connectivity index (χ0) is 11.4. The highest BCUT2D eigenvalue weighted by atomic mass is 32.3. The number of nitrogens with zero attached hydrogens (tertiary/aromatic N) is 1. The van der Waals surface area contributed by atoms with E-state index in [1.807, 2.05) is 4.72 Å². The van der Waals surface area contributed by atoms with Gasteiger partial charge in [0.05, 0.1) is 0 Å². The summed E-state index contributed by atoms with van der Waals surface area (Å²) in [5.74, 6) is 0. The SMILES string of the molecule is CCN(CC)S(=O)(=O)CS(=O)(=O)NC. The van der Waals surface area contributed by atoms with Crippen LogP contribution >= 0.6 is 0 Å². The molecule has 0 saturated heterocycles. The van der Waals surface area contributed by atoms with Crippen molar-refractivity contribution < 1.29 is 16.8 Å². The molecule has 8 heteroatoms. The van der Waals surface area contributed by atoms with Crippen LogP contribution in [0.4, 0.5) is 0 Å². The van der Waals surface area contributed by atoms with Gasteiger partial charge in [-0.25, -0.2) is 25.9 Å². The molecule has 0 rings (SSSR count). The minimum absolute atomic E-state index is 0.276. The molecule has 0 amide bonds. The van der Waals surface area contributed by atoms with E-state index in [4.69, 9.17) is 0 Å². The Bertz CT molecular complexity index is 355. The smallest absolute Gasteiger partial charge is 0.217 e. The molecule has 0 radical (unpaired) electrons. The van der Waals surface area contributed by atoms with Crippen molar-refractivity contribution in [3.8, 4) is 0 Å². The zero-order valence-corrected chi connectivity index (χ0v) is 10.2. The molecule has 0 atom stereocenters. The van der Waals surface area contributed by atoms with Gasteiger partial charge in [-0.15, -0.1) is 0 Å². The number of nitrogens with one attached hydrogen (secondary N) is 1. The standard InChI is InChI=1S/C6H16N2O4S2/c1-4-8(5-2)14(11,12)6-13(9,10)7-3/h7H,4-6H2,1-3H3. The third kappa shape index (κ3) is 3.91. The maximum absolute atomic E-state index is 11.5. The second-order valence-corrected chi connectivity index (χ2v) is 6.89. The number of rotatable bonds is 6. The molecule has 0 unspecified atom stereocenters. The van der Waals surface area contributed by atoms with Gasteiger partial charge >= 0.3 is 0 Å². The Morgan fingerprint density at radius 3 is 1.79 bits per heavy atom. The molecule has 86 valence electrons. The van der Waals surface area contributed by atoms with E-state index >= 15 is 0 Å². The van der Waals surface area contributed by atoms with Crippen molar-refractivity contribution in [2.45, 2.75) is 13.8 Å². The number of sulfonamides is 2. The molecular formula is C6H16N2O4S2. The molecule has 0 aromatic rings. The van der Waals surface area contributed by atoms with Crippen LogP contribution in [0, 0.1) is 0 Å². The Balaban J connectivity index is 4.83. The minimum Gasteiger partial charge on any atom is -0.217 e. The lowest BCUT2D eigenvalue weighted by molar-refractivity contribution is 0.448. The Morgan fingerprint density at radius 2 is 1.50 bits per heavy atom. The van der Waals surface area contributed by atoms with Crippen molar-refractivity contribution >= 4 is 20.0 Å². The van der Waals surface area contributed by atoms with Crippen LogP contribution < -0.4 is 4.72 Å². The van der Waals surface area contributed by atoms with Gasteiger partial charge in [0.2, 0.25) is 20.0 Å². The van der Waals surface area contributed by atoms with E-state index in [1.54, 1.807) is 13.8 Å². The predicted molar refractivity (Wildman–Crippen MR) is 54.7 cm³/mol. The van der Waals surface area contributed by atoms with Crippen LogP contribution in [0.1, 0.15) is 13.8 Å². The lowest BCUT2D eigenvalue weighted by Crippen LogP contribution is -2.38. The van der Waals surface area contributed by atoms with E-state index in [0.29, 0.717) is 0 Å². The van der Waals surface area contributed by atoms with E-state index in [1.165, 1.54) is 7.05 Å². The molecule has 0 saturated carbocycles. The van der Waals surface area contributed by atoms with E-state index in [2.05, 4.69) is 0 Å². The quantitative estimate of drug-likeness (QED) is 0.660. The highest BCUT2D eigenvalue weighted by Crippen LogP contribution is 2.03. The van der Waals surface area contributed by atoms with Crippen LogP contribution in [0.15, 0.2) is 0 Å². The average molecular weight is 244 g/mol. The van der Waals surface area contributed by atoms with Crippen molar-refractivity contribution in [1.29, 1.82) is 0 Å². The molecule has 0 bridgehead atoms. The van der Waals surface area contributed by atoms with E-state index < -0.39 is 25.1 Å². The first-order valence-electron chi connectivity index (χ1n) is 4.18. The van der Waals surface area contributed by atoms with Gasteiger partial charge in [0, 0.05) is 13.1 Å². The summed E-state index contributed by atoms with van der Waals surface area (Å²) in [5, 5.41) is -0.891. The first-order valence-corrected chi connectivity index (χ1v) is 7.44. The van der Waals surface area contributed by atoms with E-state index in [9.17, 15) is 16.8 Å². The molecule has 0 heterocycles. The summed E-state index contributed by atoms with van der Waals surface area (Å²) in [6, 6.07) is 0. The number of hydrogen-bond donors (Lipinski definition) is 1. The summed E-state index contributed by atoms with van der Waals surface area (Å²) in [6.45, 7) is 3.87. The van der Waals surface area contributed by atoms with Crippen molar-refractivity contribution in [2.24, 2.45) is 0 Å². The van der Waals surface area contributed by atoms with Gasteiger partial charge in [-0.3, -0.25) is 0 Å². The van der Waals surface area contributed by atoms with Crippen molar-refractivity contribution in [3.63, 3.8) is 0 Å². The number of hydrogen-bond acceptors (Lipinski definition) is 4. The third-order valence-electron chi connectivity index (χ3n) is 1.71. The van der Waals surface area contributed by atoms with Gasteiger partial charge in [-0.1, -0.05) is 13.8 Å². The molecular weight excluding hydrogens is 228 g/mol. The highest BCUT2D eigenvalue weighted by molar-refractivity contribution is 8.06. The second-order valence-electron chi connectivity index (χ2n) is 2.63. The van der Waals surface area contributed by atoms with Gasteiger partial charge in [-0.2, -0.15) is 0 Å². The van der Waals surface area contributed by atoms with Crippen LogP contribution in [0.3, 0.4) is 0 Å². The molecule has 14 heavy (non-hydrogen) atoms. The van der Waals surface area contributed by atoms with Crippen LogP contribution in [-0.2, 0) is 20.0 Å². The van der Waals surface area contributed by atoms with Crippen molar-refractivity contribution in [2.75, 3.05) is 25.2 Å². The fourth-order valence-electron chi connectivity index (χ4n) is 0.947. The molecule has 0 fully saturated rings. The fourth-order valence-corrected chi connectivity index (χ4v) is 4.37. The maximum atomic E-state index is 11.5. The molecule has 0 aliphatic heterocycles. The van der Waals surface area contributed by atoms with Crippen LogP contribution in [0.2, 0.25) is 0 Å². The maximum Gasteiger partial charge on any atom is 0.229 e. The summed E-state index contributed by atoms with van der Waals surface area (Å²) < 4.78 is 48.1. The molecule has 0 aromatic heterocycles. The molecule has 0 aliphatic carbocycles. The van der Waals surface area contributed by atoms with Gasteiger partial charge in [-0.05, 0) is 7.05 Å². The van der Waals surface area contributed by atoms with Crippen LogP contribution in [-0.4, -0.2) is 46.4 Å². The van der Waals surface area contributed by atoms with Gasteiger partial charge in [0.25, 0.3) is 0 Å². The van der Waals surface area contributed by atoms with Crippen molar-refractivity contribution in [1.82, 2.24) is 9.03 Å². The molecule has 0 aliphatic rings. The summed E-state index contributed by atoms with van der Waals surface area (Å²) in [5.41, 5.74) is 0. The first kappa shape index (κ1) is 13.8. The molecule has 0 spiro atoms. The van der Waals surface area contributed by atoms with E-state index in [0.717, 1.165) is 4.31 Å². The highest BCUT2D eigenvalue weighted by Gasteiger charge is 2.25. The van der Waals surface area contributed by atoms with Gasteiger partial charge in [0.1, 0.15) is 0 Å². The van der Waals surface area contributed by atoms with Crippen LogP contribution in [0.25, 0.3) is 0 Å². The summed E-state index contributed by atoms with van der Waals surface area (Å²) >= 11 is 0. The van der Waals surface area contributed by atoms with Gasteiger partial charge < -0.3 is 0 Å². The summed E-state index contributed by atoms with van der Waals surface area (Å²) in [6.07, 6.45) is 0. The average Bonchev–Trinajstić information content (AvgIpc) is 2.04. The third-order valence-corrected chi connectivity index (χ3v) is 6.07. The summed E-state index contributed by atoms with van der Waals surface area (Å²) in [4.78, 5) is 0. The minimum atomic E-state index is -3.72. The normalized spacial score (nSPS) is 13.4. The Morgan fingerprint density at radius 1 is 1.07 bits per heavy atom. The van der Waals surface area contributed by atoms with E-state index in [-0.39, 0.29) is 13.1 Å². The first-order chi connectivity index (χ1) is 6.29. The molecule has 1 N–H and O–H groups in total. The largest absolute Gasteiger partial charge is 0.229 e. The van der Waals surface area contributed by atoms with Crippen LogP contribution in [0.5, 0.6) is 0 Å². The topological polar surface area (TPSA) is 83.6 Å².